The number of carbonyl (C=O) groups is 1. The largest absolute Gasteiger partial charge is 0.507 e. The Balaban J connectivity index is 0.00000235. The van der Waals surface area contributed by atoms with Crippen molar-refractivity contribution < 1.29 is 19.7 Å². The number of aliphatic hydroxyl groups is 1. The number of likely N-dealkylation sites (tertiary alicyclic amines) is 2. The third-order valence-corrected chi connectivity index (χ3v) is 10.1. The van der Waals surface area contributed by atoms with Crippen molar-refractivity contribution >= 4 is 11.8 Å². The van der Waals surface area contributed by atoms with Crippen LogP contribution in [0, 0.1) is 5.41 Å². The molecule has 258 valence electrons. The number of hydrogen-bond acceptors (Lipinski definition) is 10. The van der Waals surface area contributed by atoms with E-state index in [1.165, 1.54) is 12.8 Å². The number of piperidine rings is 2. The number of β-amino-alcohol motifs (C(OH)–C–C–N with tert-alkyl or cyclic N) is 1. The highest BCUT2D eigenvalue weighted by molar-refractivity contribution is 5.70. The molecule has 11 nitrogen and oxygen atoms in total. The molecule has 3 saturated heterocycles. The number of aromatic hydroxyl groups is 1. The van der Waals surface area contributed by atoms with Gasteiger partial charge in [0.1, 0.15) is 17.2 Å². The molecular formula is C35H59N7O4. The molecule has 0 atom stereocenters. The Kier molecular flexibility index (Phi) is 11.4. The number of carbonyl (C=O) groups excluding carboxylic acids is 1. The monoisotopic (exact) mass is 641 g/mol. The molecule has 0 aromatic heterocycles. The first-order valence-corrected chi connectivity index (χ1v) is 17.2. The van der Waals surface area contributed by atoms with Crippen molar-refractivity contribution in [3.63, 3.8) is 0 Å². The van der Waals surface area contributed by atoms with Gasteiger partial charge < -0.3 is 42.0 Å². The second kappa shape index (κ2) is 14.7. The Hall–Kier alpha value is -3.15. The number of nitrogens with two attached hydrogens (primary N) is 3. The second-order valence-electron chi connectivity index (χ2n) is 14.5. The normalized spacial score (nSPS) is 22.4. The maximum Gasteiger partial charge on any atom is 0.410 e. The third kappa shape index (κ3) is 8.80. The van der Waals surface area contributed by atoms with E-state index in [-0.39, 0.29) is 17.7 Å². The van der Waals surface area contributed by atoms with Crippen LogP contribution in [-0.2, 0) is 4.74 Å². The van der Waals surface area contributed by atoms with E-state index < -0.39 is 11.2 Å². The second-order valence-corrected chi connectivity index (χ2v) is 14.5. The van der Waals surface area contributed by atoms with E-state index in [0.717, 1.165) is 52.1 Å². The van der Waals surface area contributed by atoms with E-state index in [9.17, 15) is 15.0 Å². The van der Waals surface area contributed by atoms with Gasteiger partial charge in [0, 0.05) is 76.2 Å². The van der Waals surface area contributed by atoms with Gasteiger partial charge in [0.25, 0.3) is 0 Å². The first-order valence-electron chi connectivity index (χ1n) is 17.2. The van der Waals surface area contributed by atoms with E-state index in [1.807, 2.05) is 45.6 Å². The zero-order chi connectivity index (χ0) is 33.7. The van der Waals surface area contributed by atoms with Crippen molar-refractivity contribution in [3.05, 3.63) is 47.4 Å². The molecule has 4 fully saturated rings. The predicted molar refractivity (Wildman–Crippen MR) is 183 cm³/mol. The Labute approximate surface area is 276 Å². The van der Waals surface area contributed by atoms with Gasteiger partial charge in [-0.2, -0.15) is 0 Å². The van der Waals surface area contributed by atoms with Gasteiger partial charge in [-0.05, 0) is 82.9 Å². The summed E-state index contributed by atoms with van der Waals surface area (Å²) in [5.74, 6) is 0.262. The summed E-state index contributed by atoms with van der Waals surface area (Å²) in [4.78, 5) is 21.4. The number of piperazine rings is 1. The molecule has 1 aromatic rings. The lowest BCUT2D eigenvalue weighted by molar-refractivity contribution is -0.0738. The van der Waals surface area contributed by atoms with Crippen molar-refractivity contribution in [2.45, 2.75) is 90.4 Å². The summed E-state index contributed by atoms with van der Waals surface area (Å²) < 4.78 is 5.57. The SMILES string of the molecule is CC.CC(C)(C)OC(=O)N1CCC2(CC1)CC(N1CCN(CC3(O)CCN(C(/C=C(\N)c4ccccc4O)=C(N)N)CC3)CC1)C2. The highest BCUT2D eigenvalue weighted by Crippen LogP contribution is 2.51. The highest BCUT2D eigenvalue weighted by Gasteiger charge is 2.49. The first kappa shape index (κ1) is 35.7. The van der Waals surface area contributed by atoms with Crippen LogP contribution >= 0.6 is 0 Å². The number of rotatable bonds is 6. The Morgan fingerprint density at radius 2 is 1.48 bits per heavy atom. The van der Waals surface area contributed by atoms with E-state index in [0.29, 0.717) is 60.9 Å². The van der Waals surface area contributed by atoms with Crippen LogP contribution in [-0.4, -0.2) is 112 Å². The maximum atomic E-state index is 12.5. The van der Waals surface area contributed by atoms with E-state index in [1.54, 1.807) is 24.3 Å². The minimum absolute atomic E-state index is 0.0988. The van der Waals surface area contributed by atoms with Gasteiger partial charge in [-0.3, -0.25) is 9.80 Å². The molecule has 4 aliphatic rings. The Morgan fingerprint density at radius 1 is 0.913 bits per heavy atom. The number of benzene rings is 1. The Morgan fingerprint density at radius 3 is 2.02 bits per heavy atom. The minimum Gasteiger partial charge on any atom is -0.507 e. The quantitative estimate of drug-likeness (QED) is 0.292. The number of nitrogens with zero attached hydrogens (tertiary/aromatic N) is 4. The van der Waals surface area contributed by atoms with Crippen molar-refractivity contribution in [3.8, 4) is 5.75 Å². The van der Waals surface area contributed by atoms with Crippen molar-refractivity contribution in [1.29, 1.82) is 0 Å². The molecule has 3 heterocycles. The van der Waals surface area contributed by atoms with E-state index >= 15 is 0 Å². The standard InChI is InChI=1S/C33H53N7O4.C2H6/c1-31(2,3)44-30(42)40-12-8-32(9-13-40)21-24(22-32)38-18-16-37(17-19-38)23-33(43)10-14-39(15-11-33)27(29(35)36)20-26(34)25-6-4-5-7-28(25)41;1-2/h4-7,20,24,41,43H,8-19,21-23,34-36H2,1-3H3;1-2H3/b26-20-;. The van der Waals surface area contributed by atoms with Gasteiger partial charge in [0.05, 0.1) is 11.3 Å². The molecule has 0 radical (unpaired) electrons. The van der Waals surface area contributed by atoms with Gasteiger partial charge in [-0.15, -0.1) is 0 Å². The molecule has 11 heteroatoms. The summed E-state index contributed by atoms with van der Waals surface area (Å²) in [6, 6.07) is 7.53. The van der Waals surface area contributed by atoms with Gasteiger partial charge in [0.2, 0.25) is 0 Å². The maximum absolute atomic E-state index is 12.5. The molecule has 1 aromatic carbocycles. The molecule has 1 saturated carbocycles. The van der Waals surface area contributed by atoms with Crippen LogP contribution in [0.5, 0.6) is 5.75 Å². The van der Waals surface area contributed by atoms with Crippen LogP contribution in [0.2, 0.25) is 0 Å². The van der Waals surface area contributed by atoms with Gasteiger partial charge in [0.15, 0.2) is 0 Å². The molecule has 1 spiro atoms. The van der Waals surface area contributed by atoms with E-state index in [2.05, 4.69) is 14.7 Å². The molecular weight excluding hydrogens is 582 g/mol. The molecule has 1 amide bonds. The average Bonchev–Trinajstić information content (AvgIpc) is 3.00. The van der Waals surface area contributed by atoms with Crippen LogP contribution in [0.3, 0.4) is 0 Å². The fourth-order valence-electron chi connectivity index (χ4n) is 7.42. The van der Waals surface area contributed by atoms with Crippen LogP contribution in [0.25, 0.3) is 5.70 Å². The minimum atomic E-state index is -0.761. The molecule has 0 bridgehead atoms. The predicted octanol–water partition coefficient (Wildman–Crippen LogP) is 3.43. The molecule has 1 aliphatic carbocycles. The van der Waals surface area contributed by atoms with Crippen LogP contribution < -0.4 is 17.2 Å². The van der Waals surface area contributed by atoms with Gasteiger partial charge in [-0.25, -0.2) is 4.79 Å². The number of phenols is 1. The number of hydrogen-bond donors (Lipinski definition) is 5. The van der Waals surface area contributed by atoms with Gasteiger partial charge in [-0.1, -0.05) is 26.0 Å². The number of phenolic OH excluding ortho intramolecular Hbond substituents is 1. The van der Waals surface area contributed by atoms with Crippen molar-refractivity contribution in [2.75, 3.05) is 58.9 Å². The molecule has 0 unspecified atom stereocenters. The smallest absolute Gasteiger partial charge is 0.410 e. The summed E-state index contributed by atoms with van der Waals surface area (Å²) >= 11 is 0. The van der Waals surface area contributed by atoms with E-state index in [4.69, 9.17) is 21.9 Å². The van der Waals surface area contributed by atoms with Gasteiger partial charge >= 0.3 is 6.09 Å². The summed E-state index contributed by atoms with van der Waals surface area (Å²) in [6.45, 7) is 17.2. The average molecular weight is 642 g/mol. The van der Waals surface area contributed by atoms with Crippen LogP contribution in [0.15, 0.2) is 41.9 Å². The zero-order valence-electron chi connectivity index (χ0n) is 28.8. The van der Waals surface area contributed by atoms with Crippen molar-refractivity contribution in [1.82, 2.24) is 19.6 Å². The number of amides is 1. The lowest BCUT2D eigenvalue weighted by Crippen LogP contribution is -2.61. The molecule has 8 N–H and O–H groups in total. The first-order chi connectivity index (χ1) is 21.7. The summed E-state index contributed by atoms with van der Waals surface area (Å²) in [7, 11) is 0. The summed E-state index contributed by atoms with van der Waals surface area (Å²) in [5, 5.41) is 21.7. The van der Waals surface area contributed by atoms with Crippen LogP contribution in [0.1, 0.15) is 78.7 Å². The fourth-order valence-corrected chi connectivity index (χ4v) is 7.42. The number of para-hydroxylation sites is 1. The molecule has 5 rings (SSSR count). The summed E-state index contributed by atoms with van der Waals surface area (Å²) in [5.41, 5.74) is 19.1. The lowest BCUT2D eigenvalue weighted by Gasteiger charge is -2.56. The highest BCUT2D eigenvalue weighted by atomic mass is 16.6. The fraction of sp³-hybridized carbons (Fsp3) is 0.686. The molecule has 3 aliphatic heterocycles. The van der Waals surface area contributed by atoms with Crippen LogP contribution in [0.4, 0.5) is 4.79 Å². The topological polar surface area (TPSA) is 158 Å². The van der Waals surface area contributed by atoms with Crippen molar-refractivity contribution in [2.24, 2.45) is 22.6 Å². The number of allylic oxidation sites excluding steroid dienone is 1. The molecule has 46 heavy (non-hydrogen) atoms. The summed E-state index contributed by atoms with van der Waals surface area (Å²) in [6.07, 6.45) is 7.32. The number of ether oxygens (including phenoxy) is 1. The lowest BCUT2D eigenvalue weighted by atomic mass is 9.60. The zero-order valence-corrected chi connectivity index (χ0v) is 28.8. The third-order valence-electron chi connectivity index (χ3n) is 10.1. The Bertz CT molecular complexity index is 1220.